The van der Waals surface area contributed by atoms with E-state index in [0.29, 0.717) is 11.3 Å². The summed E-state index contributed by atoms with van der Waals surface area (Å²) in [7, 11) is 0. The topological polar surface area (TPSA) is 80.0 Å². The van der Waals surface area contributed by atoms with Gasteiger partial charge in [-0.1, -0.05) is 13.3 Å². The van der Waals surface area contributed by atoms with Gasteiger partial charge in [-0.3, -0.25) is 4.79 Å². The van der Waals surface area contributed by atoms with Gasteiger partial charge in [-0.05, 0) is 39.7 Å². The molecule has 3 rings (SSSR count). The first kappa shape index (κ1) is 16.9. The van der Waals surface area contributed by atoms with Crippen LogP contribution in [0.2, 0.25) is 0 Å². The van der Waals surface area contributed by atoms with Crippen molar-refractivity contribution in [2.45, 2.75) is 59.0 Å². The number of nitrogens with one attached hydrogen (secondary N) is 1. The van der Waals surface area contributed by atoms with E-state index in [9.17, 15) is 9.90 Å². The lowest BCUT2D eigenvalue weighted by molar-refractivity contribution is 0.0829. The first-order valence-electron chi connectivity index (χ1n) is 8.62. The summed E-state index contributed by atoms with van der Waals surface area (Å²) in [6, 6.07) is 2.09. The summed E-state index contributed by atoms with van der Waals surface area (Å²) in [5.74, 6) is -0.120. The smallest absolute Gasteiger partial charge is 0.253 e. The molecular weight excluding hydrogens is 304 g/mol. The van der Waals surface area contributed by atoms with Gasteiger partial charge in [-0.25, -0.2) is 9.67 Å². The monoisotopic (exact) mass is 330 g/mol. The van der Waals surface area contributed by atoms with Crippen LogP contribution in [0.15, 0.2) is 12.3 Å². The van der Waals surface area contributed by atoms with Crippen molar-refractivity contribution in [2.75, 3.05) is 6.61 Å². The molecule has 2 aromatic heterocycles. The first-order chi connectivity index (χ1) is 11.4. The Bertz CT molecular complexity index is 768. The SMILES string of the molecule is Cc1nc2c(cnn2C(C)C)cc1C(=O)NC1CCCC1(C)CO. The minimum absolute atomic E-state index is 0.00323. The Kier molecular flexibility index (Phi) is 4.34. The zero-order valence-corrected chi connectivity index (χ0v) is 14.8. The molecule has 1 fully saturated rings. The molecule has 0 bridgehead atoms. The van der Waals surface area contributed by atoms with Gasteiger partial charge in [0.2, 0.25) is 0 Å². The van der Waals surface area contributed by atoms with Crippen molar-refractivity contribution >= 4 is 16.9 Å². The van der Waals surface area contributed by atoms with Gasteiger partial charge in [-0.2, -0.15) is 5.10 Å². The highest BCUT2D eigenvalue weighted by molar-refractivity contribution is 5.98. The van der Waals surface area contributed by atoms with Crippen molar-refractivity contribution in [2.24, 2.45) is 5.41 Å². The van der Waals surface area contributed by atoms with Crippen molar-refractivity contribution in [1.82, 2.24) is 20.1 Å². The molecule has 2 aromatic rings. The van der Waals surface area contributed by atoms with E-state index in [1.165, 1.54) is 0 Å². The molecule has 1 aliphatic carbocycles. The third kappa shape index (κ3) is 2.79. The summed E-state index contributed by atoms with van der Waals surface area (Å²) in [6.45, 7) is 8.09. The number of nitrogens with zero attached hydrogens (tertiary/aromatic N) is 3. The van der Waals surface area contributed by atoms with Crippen molar-refractivity contribution in [1.29, 1.82) is 0 Å². The number of hydrogen-bond donors (Lipinski definition) is 2. The first-order valence-corrected chi connectivity index (χ1v) is 8.62. The average Bonchev–Trinajstić information content (AvgIpc) is 3.10. The van der Waals surface area contributed by atoms with E-state index in [1.54, 1.807) is 6.20 Å². The van der Waals surface area contributed by atoms with E-state index in [0.717, 1.165) is 30.3 Å². The Morgan fingerprint density at radius 3 is 2.96 bits per heavy atom. The summed E-state index contributed by atoms with van der Waals surface area (Å²) in [6.07, 6.45) is 4.63. The number of hydrogen-bond acceptors (Lipinski definition) is 4. The van der Waals surface area contributed by atoms with Crippen LogP contribution >= 0.6 is 0 Å². The second-order valence-corrected chi connectivity index (χ2v) is 7.45. The molecule has 1 amide bonds. The molecule has 0 saturated heterocycles. The molecule has 1 aliphatic rings. The highest BCUT2D eigenvalue weighted by atomic mass is 16.3. The maximum Gasteiger partial charge on any atom is 0.253 e. The molecule has 0 aromatic carbocycles. The summed E-state index contributed by atoms with van der Waals surface area (Å²) in [5, 5.41) is 18.0. The van der Waals surface area contributed by atoms with E-state index >= 15 is 0 Å². The molecule has 6 nitrogen and oxygen atoms in total. The third-order valence-corrected chi connectivity index (χ3v) is 5.24. The largest absolute Gasteiger partial charge is 0.396 e. The Morgan fingerprint density at radius 2 is 2.29 bits per heavy atom. The Labute approximate surface area is 142 Å². The van der Waals surface area contributed by atoms with Gasteiger partial charge in [0.05, 0.1) is 24.1 Å². The zero-order valence-electron chi connectivity index (χ0n) is 14.8. The van der Waals surface area contributed by atoms with Gasteiger partial charge < -0.3 is 10.4 Å². The van der Waals surface area contributed by atoms with Crippen molar-refractivity contribution < 1.29 is 9.90 Å². The Morgan fingerprint density at radius 1 is 1.54 bits per heavy atom. The lowest BCUT2D eigenvalue weighted by Crippen LogP contribution is -2.45. The second-order valence-electron chi connectivity index (χ2n) is 7.45. The van der Waals surface area contributed by atoms with Gasteiger partial charge in [0.1, 0.15) is 0 Å². The van der Waals surface area contributed by atoms with Crippen LogP contribution in [0.3, 0.4) is 0 Å². The summed E-state index contributed by atoms with van der Waals surface area (Å²) in [5.41, 5.74) is 1.85. The van der Waals surface area contributed by atoms with Crippen LogP contribution in [-0.2, 0) is 0 Å². The fourth-order valence-electron chi connectivity index (χ4n) is 3.58. The quantitative estimate of drug-likeness (QED) is 0.903. The lowest BCUT2D eigenvalue weighted by atomic mass is 9.85. The zero-order chi connectivity index (χ0) is 17.5. The highest BCUT2D eigenvalue weighted by Crippen LogP contribution is 2.37. The molecular formula is C18H26N4O2. The molecule has 1 saturated carbocycles. The second kappa shape index (κ2) is 6.16. The number of carbonyl (C=O) groups is 1. The van der Waals surface area contributed by atoms with E-state index in [1.807, 2.05) is 24.6 Å². The molecule has 2 atom stereocenters. The number of aliphatic hydroxyl groups is 1. The minimum Gasteiger partial charge on any atom is -0.396 e. The molecule has 6 heteroatoms. The van der Waals surface area contributed by atoms with Crippen LogP contribution in [0.25, 0.3) is 11.0 Å². The van der Waals surface area contributed by atoms with Crippen LogP contribution < -0.4 is 5.32 Å². The molecule has 130 valence electrons. The molecule has 0 spiro atoms. The standard InChI is InChI=1S/C18H26N4O2/c1-11(2)22-16-13(9-19-22)8-14(12(3)20-16)17(24)21-15-6-5-7-18(15,4)10-23/h8-9,11,15,23H,5-7,10H2,1-4H3,(H,21,24). The number of aryl methyl sites for hydroxylation is 1. The van der Waals surface area contributed by atoms with Crippen LogP contribution in [0.4, 0.5) is 0 Å². The molecule has 0 aliphatic heterocycles. The summed E-state index contributed by atoms with van der Waals surface area (Å²) < 4.78 is 1.86. The summed E-state index contributed by atoms with van der Waals surface area (Å²) >= 11 is 0. The van der Waals surface area contributed by atoms with Gasteiger partial charge in [0.15, 0.2) is 5.65 Å². The van der Waals surface area contributed by atoms with Crippen molar-refractivity contribution in [3.8, 4) is 0 Å². The maximum atomic E-state index is 12.7. The predicted molar refractivity (Wildman–Crippen MR) is 92.9 cm³/mol. The third-order valence-electron chi connectivity index (χ3n) is 5.24. The maximum absolute atomic E-state index is 12.7. The van der Waals surface area contributed by atoms with E-state index in [-0.39, 0.29) is 30.0 Å². The number of carbonyl (C=O) groups excluding carboxylic acids is 1. The number of aromatic nitrogens is 3. The molecule has 2 heterocycles. The van der Waals surface area contributed by atoms with Crippen LogP contribution in [0.5, 0.6) is 0 Å². The lowest BCUT2D eigenvalue weighted by Gasteiger charge is -2.30. The number of rotatable bonds is 4. The number of pyridine rings is 1. The fraction of sp³-hybridized carbons (Fsp3) is 0.611. The molecule has 2 N–H and O–H groups in total. The average molecular weight is 330 g/mol. The molecule has 24 heavy (non-hydrogen) atoms. The molecule has 2 unspecified atom stereocenters. The van der Waals surface area contributed by atoms with Crippen molar-refractivity contribution in [3.05, 3.63) is 23.5 Å². The number of aliphatic hydroxyl groups excluding tert-OH is 1. The predicted octanol–water partition coefficient (Wildman–Crippen LogP) is 2.60. The van der Waals surface area contributed by atoms with E-state index < -0.39 is 0 Å². The summed E-state index contributed by atoms with van der Waals surface area (Å²) in [4.78, 5) is 17.3. The number of amides is 1. The van der Waals surface area contributed by atoms with Gasteiger partial charge in [0.25, 0.3) is 5.91 Å². The highest BCUT2D eigenvalue weighted by Gasteiger charge is 2.39. The van der Waals surface area contributed by atoms with Gasteiger partial charge >= 0.3 is 0 Å². The Balaban J connectivity index is 1.89. The van der Waals surface area contributed by atoms with E-state index in [2.05, 4.69) is 29.2 Å². The van der Waals surface area contributed by atoms with Crippen LogP contribution in [0, 0.1) is 12.3 Å². The van der Waals surface area contributed by atoms with Gasteiger partial charge in [0, 0.05) is 22.9 Å². The normalized spacial score (nSPS) is 24.0. The minimum atomic E-state index is -0.233. The Hall–Kier alpha value is -1.95. The van der Waals surface area contributed by atoms with Crippen LogP contribution in [0.1, 0.15) is 62.1 Å². The van der Waals surface area contributed by atoms with Crippen LogP contribution in [-0.4, -0.2) is 38.4 Å². The number of fused-ring (bicyclic) bond motifs is 1. The van der Waals surface area contributed by atoms with Crippen molar-refractivity contribution in [3.63, 3.8) is 0 Å². The molecule has 0 radical (unpaired) electrons. The van der Waals surface area contributed by atoms with E-state index in [4.69, 9.17) is 0 Å². The van der Waals surface area contributed by atoms with Gasteiger partial charge in [-0.15, -0.1) is 0 Å². The fourth-order valence-corrected chi connectivity index (χ4v) is 3.58.